The van der Waals surface area contributed by atoms with Crippen molar-refractivity contribution in [3.63, 3.8) is 0 Å². The summed E-state index contributed by atoms with van der Waals surface area (Å²) in [5, 5.41) is 3.18. The molecule has 0 saturated heterocycles. The van der Waals surface area contributed by atoms with E-state index in [0.29, 0.717) is 0 Å². The Morgan fingerprint density at radius 1 is 1.14 bits per heavy atom. The number of hydrogen-bond donors (Lipinski definition) is 1. The van der Waals surface area contributed by atoms with E-state index in [9.17, 15) is 0 Å². The molecule has 0 atom stereocenters. The van der Waals surface area contributed by atoms with Gasteiger partial charge in [-0.15, -0.1) is 0 Å². The van der Waals surface area contributed by atoms with Gasteiger partial charge < -0.3 is 5.32 Å². The summed E-state index contributed by atoms with van der Waals surface area (Å²) in [7, 11) is 1.98. The van der Waals surface area contributed by atoms with Crippen LogP contribution in [0.1, 0.15) is 35.9 Å². The fraction of sp³-hybridized carbons (Fsp3) is 0.471. The summed E-state index contributed by atoms with van der Waals surface area (Å²) in [6, 6.07) is 4.06. The van der Waals surface area contributed by atoms with E-state index < -0.39 is 0 Å². The van der Waals surface area contributed by atoms with Gasteiger partial charge in [0.05, 0.1) is 0 Å². The van der Waals surface area contributed by atoms with Gasteiger partial charge in [-0.25, -0.2) is 9.97 Å². The van der Waals surface area contributed by atoms with Crippen LogP contribution in [-0.4, -0.2) is 28.5 Å². The van der Waals surface area contributed by atoms with Crippen LogP contribution in [0.15, 0.2) is 18.3 Å². The number of pyridine rings is 1. The number of aryl methyl sites for hydroxylation is 3. The smallest absolute Gasteiger partial charge is 0.178 e. The van der Waals surface area contributed by atoms with Gasteiger partial charge in [-0.05, 0) is 63.9 Å². The molecule has 0 unspecified atom stereocenters. The minimum Gasteiger partial charge on any atom is -0.320 e. The Bertz CT molecular complexity index is 584. The number of hydrogen-bond acceptors (Lipinski definition) is 4. The number of rotatable bonds is 6. The van der Waals surface area contributed by atoms with Gasteiger partial charge in [-0.3, -0.25) is 4.98 Å². The van der Waals surface area contributed by atoms with Crippen molar-refractivity contribution < 1.29 is 0 Å². The summed E-state index contributed by atoms with van der Waals surface area (Å²) >= 11 is 0. The molecule has 0 aromatic carbocycles. The quantitative estimate of drug-likeness (QED) is 0.829. The van der Waals surface area contributed by atoms with Gasteiger partial charge >= 0.3 is 0 Å². The highest BCUT2D eigenvalue weighted by Gasteiger charge is 2.12. The molecule has 4 heteroatoms. The lowest BCUT2D eigenvalue weighted by Gasteiger charge is -2.12. The number of nitrogens with zero attached hydrogens (tertiary/aromatic N) is 3. The lowest BCUT2D eigenvalue weighted by Crippen LogP contribution is -2.11. The second-order valence-corrected chi connectivity index (χ2v) is 5.27. The highest BCUT2D eigenvalue weighted by atomic mass is 14.9. The second-order valence-electron chi connectivity index (χ2n) is 5.27. The topological polar surface area (TPSA) is 50.7 Å². The molecule has 1 N–H and O–H groups in total. The Kier molecular flexibility index (Phi) is 5.39. The summed E-state index contributed by atoms with van der Waals surface area (Å²) in [4.78, 5) is 13.9. The zero-order chi connectivity index (χ0) is 15.2. The van der Waals surface area contributed by atoms with Gasteiger partial charge in [-0.2, -0.15) is 0 Å². The van der Waals surface area contributed by atoms with Gasteiger partial charge in [0, 0.05) is 17.6 Å². The molecule has 2 rings (SSSR count). The molecule has 0 aliphatic rings. The summed E-state index contributed by atoms with van der Waals surface area (Å²) in [5.41, 5.74) is 5.51. The zero-order valence-electron chi connectivity index (χ0n) is 13.4. The molecule has 0 aliphatic carbocycles. The molecule has 2 heterocycles. The maximum Gasteiger partial charge on any atom is 0.178 e. The van der Waals surface area contributed by atoms with Crippen LogP contribution in [0.5, 0.6) is 0 Å². The van der Waals surface area contributed by atoms with E-state index in [0.717, 1.165) is 48.7 Å². The molecule has 0 radical (unpaired) electrons. The van der Waals surface area contributed by atoms with Gasteiger partial charge in [0.1, 0.15) is 5.69 Å². The van der Waals surface area contributed by atoms with Crippen molar-refractivity contribution in [2.75, 3.05) is 13.6 Å². The van der Waals surface area contributed by atoms with Crippen molar-refractivity contribution in [2.24, 2.45) is 0 Å². The number of nitrogens with one attached hydrogen (secondary N) is 1. The Morgan fingerprint density at radius 2 is 1.86 bits per heavy atom. The Morgan fingerprint density at radius 3 is 2.48 bits per heavy atom. The van der Waals surface area contributed by atoms with Crippen LogP contribution < -0.4 is 5.32 Å². The summed E-state index contributed by atoms with van der Waals surface area (Å²) in [6.07, 6.45) is 4.87. The third-order valence-corrected chi connectivity index (χ3v) is 3.76. The molecule has 4 nitrogen and oxygen atoms in total. The van der Waals surface area contributed by atoms with E-state index in [1.54, 1.807) is 0 Å². The molecule has 0 bridgehead atoms. The molecule has 0 amide bonds. The molecule has 0 fully saturated rings. The monoisotopic (exact) mass is 284 g/mol. The van der Waals surface area contributed by atoms with Crippen molar-refractivity contribution in [3.05, 3.63) is 40.8 Å². The van der Waals surface area contributed by atoms with Gasteiger partial charge in [0.15, 0.2) is 5.82 Å². The molecular formula is C17H24N4. The zero-order valence-corrected chi connectivity index (χ0v) is 13.4. The molecule has 0 saturated carbocycles. The molecular weight excluding hydrogens is 260 g/mol. The van der Waals surface area contributed by atoms with Crippen molar-refractivity contribution in [1.29, 1.82) is 0 Å². The molecule has 2 aromatic heterocycles. The fourth-order valence-corrected chi connectivity index (χ4v) is 2.57. The van der Waals surface area contributed by atoms with E-state index >= 15 is 0 Å². The first-order valence-corrected chi connectivity index (χ1v) is 7.60. The summed E-state index contributed by atoms with van der Waals surface area (Å²) < 4.78 is 0. The molecule has 112 valence electrons. The van der Waals surface area contributed by atoms with Crippen LogP contribution in [0.4, 0.5) is 0 Å². The maximum absolute atomic E-state index is 4.70. The van der Waals surface area contributed by atoms with Gasteiger partial charge in [-0.1, -0.05) is 13.0 Å². The first-order valence-electron chi connectivity index (χ1n) is 7.60. The Balaban J connectivity index is 2.35. The summed E-state index contributed by atoms with van der Waals surface area (Å²) in [5.74, 6) is 0.750. The predicted molar refractivity (Wildman–Crippen MR) is 86.4 cm³/mol. The molecule has 21 heavy (non-hydrogen) atoms. The van der Waals surface area contributed by atoms with Gasteiger partial charge in [0.2, 0.25) is 0 Å². The normalized spacial score (nSPS) is 10.9. The van der Waals surface area contributed by atoms with E-state index in [1.165, 1.54) is 11.1 Å². The highest BCUT2D eigenvalue weighted by molar-refractivity contribution is 5.55. The van der Waals surface area contributed by atoms with E-state index in [4.69, 9.17) is 9.97 Å². The van der Waals surface area contributed by atoms with Crippen LogP contribution in [0.3, 0.4) is 0 Å². The first kappa shape index (κ1) is 15.6. The standard InChI is InChI=1S/C17H24N4/c1-5-14-8-6-11-19-16(14)17-20-12(2)15(13(3)21-17)9-7-10-18-4/h6,8,11,18H,5,7,9-10H2,1-4H3. The predicted octanol–water partition coefficient (Wildman–Crippen LogP) is 2.87. The summed E-state index contributed by atoms with van der Waals surface area (Å²) in [6.45, 7) is 7.29. The lowest BCUT2D eigenvalue weighted by atomic mass is 10.1. The molecule has 2 aromatic rings. The lowest BCUT2D eigenvalue weighted by molar-refractivity contribution is 0.715. The van der Waals surface area contributed by atoms with Crippen molar-refractivity contribution >= 4 is 0 Å². The van der Waals surface area contributed by atoms with Crippen molar-refractivity contribution in [3.8, 4) is 11.5 Å². The van der Waals surface area contributed by atoms with Crippen LogP contribution in [0, 0.1) is 13.8 Å². The Labute approximate surface area is 127 Å². The third kappa shape index (κ3) is 3.64. The SMILES string of the molecule is CCc1cccnc1-c1nc(C)c(CCCNC)c(C)n1. The molecule has 0 spiro atoms. The van der Waals surface area contributed by atoms with Crippen LogP contribution in [0.25, 0.3) is 11.5 Å². The van der Waals surface area contributed by atoms with Crippen LogP contribution in [0.2, 0.25) is 0 Å². The van der Waals surface area contributed by atoms with Crippen LogP contribution >= 0.6 is 0 Å². The van der Waals surface area contributed by atoms with E-state index in [-0.39, 0.29) is 0 Å². The minimum absolute atomic E-state index is 0.750. The average molecular weight is 284 g/mol. The van der Waals surface area contributed by atoms with Crippen molar-refractivity contribution in [2.45, 2.75) is 40.0 Å². The largest absolute Gasteiger partial charge is 0.320 e. The minimum atomic E-state index is 0.750. The van der Waals surface area contributed by atoms with Crippen molar-refractivity contribution in [1.82, 2.24) is 20.3 Å². The van der Waals surface area contributed by atoms with Crippen LogP contribution in [-0.2, 0) is 12.8 Å². The Hall–Kier alpha value is -1.81. The van der Waals surface area contributed by atoms with E-state index in [2.05, 4.69) is 37.1 Å². The number of aromatic nitrogens is 3. The highest BCUT2D eigenvalue weighted by Crippen LogP contribution is 2.21. The van der Waals surface area contributed by atoms with E-state index in [1.807, 2.05) is 19.3 Å². The average Bonchev–Trinajstić information content (AvgIpc) is 2.49. The fourth-order valence-electron chi connectivity index (χ4n) is 2.57. The molecule has 0 aliphatic heterocycles. The maximum atomic E-state index is 4.70. The van der Waals surface area contributed by atoms with Gasteiger partial charge in [0.25, 0.3) is 0 Å². The first-order chi connectivity index (χ1) is 10.2. The second kappa shape index (κ2) is 7.27. The third-order valence-electron chi connectivity index (χ3n) is 3.76.